The molecule has 0 amide bonds. The zero-order chi connectivity index (χ0) is 39.8. The largest absolute Gasteiger partial charge is 0.508 e. The molecular formula is C49H64O6. The second kappa shape index (κ2) is 23.7. The molecule has 0 atom stereocenters. The van der Waals surface area contributed by atoms with Crippen LogP contribution in [0.2, 0.25) is 0 Å². The van der Waals surface area contributed by atoms with E-state index in [0.717, 1.165) is 53.9 Å². The van der Waals surface area contributed by atoms with E-state index in [9.17, 15) is 30.6 Å². The first-order valence-corrected chi connectivity index (χ1v) is 18.7. The van der Waals surface area contributed by atoms with Crippen molar-refractivity contribution in [2.45, 2.75) is 90.5 Å². The van der Waals surface area contributed by atoms with E-state index >= 15 is 0 Å². The average molecular weight is 749 g/mol. The molecule has 0 aliphatic rings. The van der Waals surface area contributed by atoms with E-state index in [1.54, 1.807) is 84.9 Å². The molecule has 0 bridgehead atoms. The zero-order valence-corrected chi connectivity index (χ0v) is 32.8. The summed E-state index contributed by atoms with van der Waals surface area (Å²) in [5.41, 5.74) is 0. The van der Waals surface area contributed by atoms with Crippen molar-refractivity contribution in [2.75, 3.05) is 0 Å². The fraction of sp³-hybridized carbons (Fsp3) is 0.265. The van der Waals surface area contributed by atoms with E-state index in [4.69, 9.17) is 0 Å². The van der Waals surface area contributed by atoms with E-state index in [-0.39, 0.29) is 49.4 Å². The van der Waals surface area contributed by atoms with Crippen molar-refractivity contribution < 1.29 is 30.6 Å². The van der Waals surface area contributed by atoms with Crippen LogP contribution in [0.4, 0.5) is 0 Å². The SMILES string of the molecule is C.C.CC.CC.CC.CC.CCC.Oc1ccc2c(c1)c1cc(O)ccc1c1c3ccc(O)cc3c3cc(O)ccc3c21.Oc1cccc2c(O)cccc12. The van der Waals surface area contributed by atoms with Crippen molar-refractivity contribution in [3.63, 3.8) is 0 Å². The number of fused-ring (bicyclic) bond motifs is 12. The molecule has 6 heteroatoms. The van der Waals surface area contributed by atoms with Crippen LogP contribution in [0, 0.1) is 0 Å². The third-order valence-corrected chi connectivity index (χ3v) is 7.80. The Bertz CT molecular complexity index is 2110. The van der Waals surface area contributed by atoms with Crippen molar-refractivity contribution in [3.8, 4) is 34.5 Å². The summed E-state index contributed by atoms with van der Waals surface area (Å²) in [7, 11) is 0. The first-order valence-electron chi connectivity index (χ1n) is 18.7. The molecule has 0 aromatic heterocycles. The maximum atomic E-state index is 10.2. The maximum absolute atomic E-state index is 10.2. The number of phenolic OH excluding ortho intramolecular Hbond substituents is 6. The first-order chi connectivity index (χ1) is 25.7. The second-order valence-electron chi connectivity index (χ2n) is 11.0. The molecule has 0 fully saturated rings. The first kappa shape index (κ1) is 49.1. The van der Waals surface area contributed by atoms with E-state index in [2.05, 4.69) is 13.8 Å². The Morgan fingerprint density at radius 3 is 0.745 bits per heavy atom. The Labute approximate surface area is 328 Å². The van der Waals surface area contributed by atoms with Crippen LogP contribution in [-0.4, -0.2) is 30.6 Å². The van der Waals surface area contributed by atoms with Gasteiger partial charge in [-0.15, -0.1) is 0 Å². The lowest BCUT2D eigenvalue weighted by molar-refractivity contribution is 0.475. The quantitative estimate of drug-likeness (QED) is 0.0859. The molecule has 0 saturated carbocycles. The van der Waals surface area contributed by atoms with Crippen LogP contribution >= 0.6 is 0 Å². The standard InChI is InChI=1S/C26H16O4.C10H8O2.C3H8.4C2H6.2CH4/c27-13-1-5-17-21(9-13)22-10-14(28)3-7-19(22)26-20-8-4-16(30)12-24(20)23-11-15(29)2-6-18(23)25(17)26;11-9-5-1-3-7-8(9)4-2-6-10(7)12;1-3-2;4*1-2;;/h1-12,27-30H;1-6,11-12H;3H2,1-2H3;4*1-2H3;2*1H4. The van der Waals surface area contributed by atoms with Crippen LogP contribution in [0.25, 0.3) is 64.6 Å². The van der Waals surface area contributed by atoms with Gasteiger partial charge in [-0.25, -0.2) is 0 Å². The van der Waals surface area contributed by atoms with Crippen LogP contribution < -0.4 is 0 Å². The summed E-state index contributed by atoms with van der Waals surface area (Å²) in [5.74, 6) is 1.00. The molecule has 0 spiro atoms. The summed E-state index contributed by atoms with van der Waals surface area (Å²) < 4.78 is 0. The highest BCUT2D eigenvalue weighted by Gasteiger charge is 2.17. The van der Waals surface area contributed by atoms with Gasteiger partial charge in [-0.05, 0) is 115 Å². The van der Waals surface area contributed by atoms with Crippen LogP contribution in [0.15, 0.2) is 109 Å². The Morgan fingerprint density at radius 1 is 0.309 bits per heavy atom. The van der Waals surface area contributed by atoms with E-state index < -0.39 is 0 Å². The Kier molecular flexibility index (Phi) is 21.2. The predicted molar refractivity (Wildman–Crippen MR) is 243 cm³/mol. The van der Waals surface area contributed by atoms with E-state index in [1.165, 1.54) is 6.42 Å². The highest BCUT2D eigenvalue weighted by molar-refractivity contribution is 6.39. The van der Waals surface area contributed by atoms with Crippen molar-refractivity contribution in [3.05, 3.63) is 109 Å². The van der Waals surface area contributed by atoms with Crippen LogP contribution in [-0.2, 0) is 0 Å². The molecule has 8 aromatic carbocycles. The van der Waals surface area contributed by atoms with Gasteiger partial charge >= 0.3 is 0 Å². The van der Waals surface area contributed by atoms with Gasteiger partial charge in [-0.3, -0.25) is 0 Å². The van der Waals surface area contributed by atoms with Crippen LogP contribution in [0.1, 0.15) is 90.5 Å². The molecule has 6 N–H and O–H groups in total. The molecule has 0 unspecified atom stereocenters. The number of phenols is 6. The van der Waals surface area contributed by atoms with Gasteiger partial charge in [0.15, 0.2) is 0 Å². The minimum Gasteiger partial charge on any atom is -0.508 e. The molecule has 0 heterocycles. The molecule has 8 rings (SSSR count). The lowest BCUT2D eigenvalue weighted by Gasteiger charge is -2.17. The van der Waals surface area contributed by atoms with E-state index in [0.29, 0.717) is 10.8 Å². The highest BCUT2D eigenvalue weighted by atomic mass is 16.3. The van der Waals surface area contributed by atoms with Gasteiger partial charge in [0, 0.05) is 10.8 Å². The minimum absolute atomic E-state index is 0. The fourth-order valence-electron chi connectivity index (χ4n) is 6.00. The lowest BCUT2D eigenvalue weighted by Crippen LogP contribution is -1.88. The number of hydrogen-bond acceptors (Lipinski definition) is 6. The second-order valence-corrected chi connectivity index (χ2v) is 11.0. The van der Waals surface area contributed by atoms with Crippen molar-refractivity contribution in [1.29, 1.82) is 0 Å². The smallest absolute Gasteiger partial charge is 0.123 e. The molecule has 8 aromatic rings. The molecule has 6 nitrogen and oxygen atoms in total. The zero-order valence-electron chi connectivity index (χ0n) is 32.8. The summed E-state index contributed by atoms with van der Waals surface area (Å²) in [6.45, 7) is 20.2. The molecule has 0 aliphatic heterocycles. The topological polar surface area (TPSA) is 121 Å². The monoisotopic (exact) mass is 748 g/mol. The summed E-state index contributed by atoms with van der Waals surface area (Å²) >= 11 is 0. The Balaban J connectivity index is 0.000000981. The molecular weight excluding hydrogens is 685 g/mol. The molecule has 0 aliphatic carbocycles. The van der Waals surface area contributed by atoms with Crippen molar-refractivity contribution in [1.82, 2.24) is 0 Å². The molecule has 55 heavy (non-hydrogen) atoms. The minimum atomic E-state index is 0. The highest BCUT2D eigenvalue weighted by Crippen LogP contribution is 2.46. The van der Waals surface area contributed by atoms with Gasteiger partial charge in [0.2, 0.25) is 0 Å². The molecule has 296 valence electrons. The van der Waals surface area contributed by atoms with Crippen LogP contribution in [0.5, 0.6) is 34.5 Å². The van der Waals surface area contributed by atoms with Gasteiger partial charge in [0.05, 0.1) is 0 Å². The summed E-state index contributed by atoms with van der Waals surface area (Å²) in [5, 5.41) is 69.8. The maximum Gasteiger partial charge on any atom is 0.123 e. The number of rotatable bonds is 0. The van der Waals surface area contributed by atoms with Gasteiger partial charge < -0.3 is 30.6 Å². The fourth-order valence-corrected chi connectivity index (χ4v) is 6.00. The summed E-state index contributed by atoms with van der Waals surface area (Å²) in [6.07, 6.45) is 1.25. The third kappa shape index (κ3) is 10.6. The van der Waals surface area contributed by atoms with Gasteiger partial charge in [0.1, 0.15) is 34.5 Å². The molecule has 0 saturated heterocycles. The molecule has 0 radical (unpaired) electrons. The van der Waals surface area contributed by atoms with Crippen molar-refractivity contribution >= 4 is 64.6 Å². The van der Waals surface area contributed by atoms with Gasteiger partial charge in [0.25, 0.3) is 0 Å². The predicted octanol–water partition coefficient (Wildman–Crippen LogP) is 15.3. The lowest BCUT2D eigenvalue weighted by atomic mass is 9.87. The van der Waals surface area contributed by atoms with E-state index in [1.807, 2.05) is 79.7 Å². The summed E-state index contributed by atoms with van der Waals surface area (Å²) in [6, 6.07) is 31.2. The van der Waals surface area contributed by atoms with Crippen LogP contribution in [0.3, 0.4) is 0 Å². The Hall–Kier alpha value is -5.88. The van der Waals surface area contributed by atoms with Gasteiger partial charge in [-0.1, -0.05) is 139 Å². The summed E-state index contributed by atoms with van der Waals surface area (Å²) in [4.78, 5) is 0. The number of aromatic hydroxyl groups is 6. The van der Waals surface area contributed by atoms with Gasteiger partial charge in [-0.2, -0.15) is 0 Å². The number of hydrogen-bond donors (Lipinski definition) is 6. The average Bonchev–Trinajstić information content (AvgIpc) is 3.19. The normalized spacial score (nSPS) is 9.49. The van der Waals surface area contributed by atoms with Crippen molar-refractivity contribution in [2.24, 2.45) is 0 Å². The Morgan fingerprint density at radius 2 is 0.527 bits per heavy atom. The third-order valence-electron chi connectivity index (χ3n) is 7.80. The number of benzene rings is 8.